The largest absolute Gasteiger partial charge is 0.443 e. The molecule has 4 heterocycles. The molecule has 3 aromatic rings. The molecule has 0 radical (unpaired) electrons. The smallest absolute Gasteiger partial charge is 0.377 e. The van der Waals surface area contributed by atoms with E-state index >= 15 is 0 Å². The number of halogens is 3. The fraction of sp³-hybridized carbons (Fsp3) is 0.545. The molecule has 1 unspecified atom stereocenters. The second-order valence-corrected chi connectivity index (χ2v) is 9.93. The Hall–Kier alpha value is -3.13. The van der Waals surface area contributed by atoms with Crippen LogP contribution in [0, 0.1) is 0 Å². The lowest BCUT2D eigenvalue weighted by Crippen LogP contribution is -2.54. The highest BCUT2D eigenvalue weighted by atomic mass is 32.1. The van der Waals surface area contributed by atoms with Gasteiger partial charge in [0, 0.05) is 56.7 Å². The lowest BCUT2D eigenvalue weighted by Gasteiger charge is -2.40. The summed E-state index contributed by atoms with van der Waals surface area (Å²) in [4.78, 5) is 33.2. The van der Waals surface area contributed by atoms with Gasteiger partial charge in [-0.1, -0.05) is 11.3 Å². The maximum absolute atomic E-state index is 13.6. The normalized spacial score (nSPS) is 18.6. The zero-order valence-electron chi connectivity index (χ0n) is 19.8. The zero-order chi connectivity index (χ0) is 25.4. The third-order valence-electron chi connectivity index (χ3n) is 6.13. The molecule has 192 valence electrons. The van der Waals surface area contributed by atoms with Crippen LogP contribution < -0.4 is 4.90 Å². The summed E-state index contributed by atoms with van der Waals surface area (Å²) in [5.74, 6) is 1.40. The molecule has 1 aliphatic heterocycles. The molecule has 10 nitrogen and oxygen atoms in total. The summed E-state index contributed by atoms with van der Waals surface area (Å²) in [6.45, 7) is 3.25. The van der Waals surface area contributed by atoms with E-state index in [1.54, 1.807) is 17.3 Å². The summed E-state index contributed by atoms with van der Waals surface area (Å²) in [6.07, 6.45) is 2.09. The molecule has 2 aliphatic rings. The first-order chi connectivity index (χ1) is 17.2. The Bertz CT molecular complexity index is 1220. The lowest BCUT2D eigenvalue weighted by molar-refractivity contribution is -0.137. The minimum absolute atomic E-state index is 0.0236. The van der Waals surface area contributed by atoms with Crippen LogP contribution in [0.3, 0.4) is 0 Å². The summed E-state index contributed by atoms with van der Waals surface area (Å²) in [7, 11) is 1.54. The summed E-state index contributed by atoms with van der Waals surface area (Å²) in [6, 6.07) is -0.231. The van der Waals surface area contributed by atoms with E-state index in [-0.39, 0.29) is 30.8 Å². The predicted octanol–water partition coefficient (Wildman–Crippen LogP) is 2.97. The van der Waals surface area contributed by atoms with Crippen LogP contribution in [0.5, 0.6) is 0 Å². The molecule has 1 aliphatic carbocycles. The molecular formula is C22H25F3N8O2S. The first-order valence-electron chi connectivity index (χ1n) is 11.5. The molecule has 3 aromatic heterocycles. The van der Waals surface area contributed by atoms with E-state index in [1.807, 2.05) is 11.8 Å². The van der Waals surface area contributed by atoms with Crippen LogP contribution in [-0.4, -0.2) is 73.3 Å². The number of ether oxygens (including phenoxy) is 1. The van der Waals surface area contributed by atoms with Crippen molar-refractivity contribution < 1.29 is 22.7 Å². The average molecular weight is 523 g/mol. The molecule has 0 bridgehead atoms. The Kier molecular flexibility index (Phi) is 6.64. The summed E-state index contributed by atoms with van der Waals surface area (Å²) >= 11 is 0.609. The third kappa shape index (κ3) is 5.19. The number of amides is 1. The van der Waals surface area contributed by atoms with Gasteiger partial charge >= 0.3 is 6.18 Å². The number of carbonyl (C=O) groups is 1. The number of rotatable bonds is 7. The highest BCUT2D eigenvalue weighted by Crippen LogP contribution is 2.43. The number of carbonyl (C=O) groups excluding carboxylic acids is 1. The van der Waals surface area contributed by atoms with E-state index in [0.29, 0.717) is 59.1 Å². The highest BCUT2D eigenvalue weighted by Gasteiger charge is 2.38. The van der Waals surface area contributed by atoms with Crippen LogP contribution in [-0.2, 0) is 28.9 Å². The quantitative estimate of drug-likeness (QED) is 0.467. The number of piperazine rings is 1. The Labute approximate surface area is 209 Å². The van der Waals surface area contributed by atoms with Gasteiger partial charge in [0.25, 0.3) is 0 Å². The van der Waals surface area contributed by atoms with Crippen molar-refractivity contribution in [2.45, 2.75) is 51.1 Å². The van der Waals surface area contributed by atoms with Gasteiger partial charge in [0.05, 0.1) is 0 Å². The van der Waals surface area contributed by atoms with E-state index in [0.717, 1.165) is 12.8 Å². The second-order valence-electron chi connectivity index (χ2n) is 8.95. The van der Waals surface area contributed by atoms with Gasteiger partial charge in [0.2, 0.25) is 10.9 Å². The van der Waals surface area contributed by atoms with Crippen molar-refractivity contribution >= 4 is 22.2 Å². The molecule has 1 atom stereocenters. The molecule has 5 rings (SSSR count). The molecule has 2 fully saturated rings. The number of hydrogen-bond acceptors (Lipinski definition) is 9. The van der Waals surface area contributed by atoms with Crippen molar-refractivity contribution in [3.63, 3.8) is 0 Å². The molecule has 1 saturated heterocycles. The predicted molar refractivity (Wildman–Crippen MR) is 124 cm³/mol. The van der Waals surface area contributed by atoms with Gasteiger partial charge in [0.15, 0.2) is 5.82 Å². The first kappa shape index (κ1) is 24.6. The van der Waals surface area contributed by atoms with Crippen LogP contribution in [0.25, 0.3) is 11.3 Å². The van der Waals surface area contributed by atoms with Crippen molar-refractivity contribution in [3.05, 3.63) is 35.4 Å². The molecule has 14 heteroatoms. The maximum atomic E-state index is 13.6. The van der Waals surface area contributed by atoms with E-state index < -0.39 is 11.2 Å². The number of aromatic nitrogens is 6. The molecule has 0 aromatic carbocycles. The highest BCUT2D eigenvalue weighted by molar-refractivity contribution is 7.16. The number of methoxy groups -OCH3 is 1. The van der Waals surface area contributed by atoms with E-state index in [2.05, 4.69) is 25.0 Å². The van der Waals surface area contributed by atoms with Crippen LogP contribution in [0.4, 0.5) is 18.2 Å². The number of hydrogen-bond donors (Lipinski definition) is 0. The van der Waals surface area contributed by atoms with Gasteiger partial charge < -0.3 is 14.5 Å². The first-order valence-corrected chi connectivity index (χ1v) is 12.4. The van der Waals surface area contributed by atoms with Crippen molar-refractivity contribution in [2.75, 3.05) is 31.6 Å². The lowest BCUT2D eigenvalue weighted by atomic mass is 10.1. The number of nitrogens with zero attached hydrogens (tertiary/aromatic N) is 8. The maximum Gasteiger partial charge on any atom is 0.443 e. The van der Waals surface area contributed by atoms with Gasteiger partial charge in [0.1, 0.15) is 36.0 Å². The summed E-state index contributed by atoms with van der Waals surface area (Å²) in [5.41, 5.74) is 0.667. The van der Waals surface area contributed by atoms with Crippen LogP contribution >= 0.6 is 11.3 Å². The Morgan fingerprint density at radius 1 is 1.19 bits per heavy atom. The molecular weight excluding hydrogens is 497 g/mol. The zero-order valence-corrected chi connectivity index (χ0v) is 20.6. The number of thiazole rings is 1. The van der Waals surface area contributed by atoms with Gasteiger partial charge in [-0.3, -0.25) is 4.79 Å². The Morgan fingerprint density at radius 3 is 2.58 bits per heavy atom. The Morgan fingerprint density at radius 2 is 1.94 bits per heavy atom. The van der Waals surface area contributed by atoms with E-state index in [4.69, 9.17) is 4.74 Å². The fourth-order valence-electron chi connectivity index (χ4n) is 4.19. The van der Waals surface area contributed by atoms with Gasteiger partial charge in [-0.05, 0) is 19.8 Å². The third-order valence-corrected chi connectivity index (χ3v) is 7.29. The molecule has 1 saturated carbocycles. The average Bonchev–Trinajstić information content (AvgIpc) is 3.43. The van der Waals surface area contributed by atoms with Crippen molar-refractivity contribution in [3.8, 4) is 11.3 Å². The van der Waals surface area contributed by atoms with E-state index in [9.17, 15) is 18.0 Å². The van der Waals surface area contributed by atoms with Crippen LogP contribution in [0.15, 0.2) is 18.7 Å². The number of alkyl halides is 3. The molecule has 1 amide bonds. The number of anilines is 1. The van der Waals surface area contributed by atoms with Crippen LogP contribution in [0.2, 0.25) is 0 Å². The van der Waals surface area contributed by atoms with E-state index in [1.165, 1.54) is 18.1 Å². The SMILES string of the molecule is COCc1ncn(CC(=O)N2CCN(c3sc(C(F)(F)F)nc3-c3cnc(C4CC4)nc3)CC2C)n1. The minimum Gasteiger partial charge on any atom is -0.377 e. The van der Waals surface area contributed by atoms with Crippen molar-refractivity contribution in [1.29, 1.82) is 0 Å². The Balaban J connectivity index is 1.32. The molecule has 0 N–H and O–H groups in total. The summed E-state index contributed by atoms with van der Waals surface area (Å²) < 4.78 is 47.2. The topological polar surface area (TPSA) is 102 Å². The second kappa shape index (κ2) is 9.73. The van der Waals surface area contributed by atoms with Crippen molar-refractivity contribution in [1.82, 2.24) is 34.6 Å². The van der Waals surface area contributed by atoms with Gasteiger partial charge in [-0.2, -0.15) is 18.3 Å². The minimum atomic E-state index is -4.56. The molecule has 36 heavy (non-hydrogen) atoms. The van der Waals surface area contributed by atoms with Crippen molar-refractivity contribution in [2.24, 2.45) is 0 Å². The van der Waals surface area contributed by atoms with Crippen LogP contribution in [0.1, 0.15) is 42.3 Å². The summed E-state index contributed by atoms with van der Waals surface area (Å²) in [5, 5.41) is 3.70. The monoisotopic (exact) mass is 522 g/mol. The molecule has 0 spiro atoms. The van der Waals surface area contributed by atoms with Gasteiger partial charge in [-0.25, -0.2) is 24.6 Å². The fourth-order valence-corrected chi connectivity index (χ4v) is 5.19. The van der Waals surface area contributed by atoms with Gasteiger partial charge in [-0.15, -0.1) is 0 Å². The standard InChI is InChI=1S/C22H25F3N8O2S/c1-13-9-31(5-6-33(13)17(34)10-32-12-28-16(30-32)11-35-2)20-18(29-21(36-20)22(23,24)25)15-7-26-19(27-8-15)14-3-4-14/h7-8,12-14H,3-6,9-11H2,1-2H3.